The predicted octanol–water partition coefficient (Wildman–Crippen LogP) is 6.00. The number of fused-ring (bicyclic) bond motifs is 3. The van der Waals surface area contributed by atoms with Crippen molar-refractivity contribution in [3.8, 4) is 17.0 Å². The number of anilines is 3. The van der Waals surface area contributed by atoms with Gasteiger partial charge in [-0.2, -0.15) is 0 Å². The van der Waals surface area contributed by atoms with Gasteiger partial charge in [0.15, 0.2) is 0 Å². The van der Waals surface area contributed by atoms with Gasteiger partial charge in [0, 0.05) is 74.7 Å². The van der Waals surface area contributed by atoms with E-state index >= 15 is 4.39 Å². The number of halogens is 1. The van der Waals surface area contributed by atoms with Crippen molar-refractivity contribution in [1.82, 2.24) is 30.1 Å². The van der Waals surface area contributed by atoms with E-state index in [4.69, 9.17) is 9.72 Å². The van der Waals surface area contributed by atoms with E-state index < -0.39 is 5.82 Å². The number of benzene rings is 3. The van der Waals surface area contributed by atoms with Crippen molar-refractivity contribution >= 4 is 45.9 Å². The Morgan fingerprint density at radius 3 is 2.68 bits per heavy atom. The number of nitrogens with one attached hydrogen (secondary N) is 3. The molecule has 12 nitrogen and oxygen atoms in total. The Labute approximate surface area is 323 Å². The second-order valence-electron chi connectivity index (χ2n) is 15.4. The lowest BCUT2D eigenvalue weighted by atomic mass is 9.89. The Bertz CT molecular complexity index is 2380. The number of nitrogens with zero attached hydrogens (tertiary/aromatic N) is 5. The fourth-order valence-corrected chi connectivity index (χ4v) is 8.51. The normalized spacial score (nSPS) is 18.5. The van der Waals surface area contributed by atoms with Gasteiger partial charge in [0.05, 0.1) is 17.9 Å². The van der Waals surface area contributed by atoms with Gasteiger partial charge in [-0.05, 0) is 83.7 Å². The van der Waals surface area contributed by atoms with Gasteiger partial charge in [0.25, 0.3) is 0 Å². The van der Waals surface area contributed by atoms with Crippen molar-refractivity contribution in [2.75, 3.05) is 43.4 Å². The molecule has 1 unspecified atom stereocenters. The van der Waals surface area contributed by atoms with E-state index in [1.54, 1.807) is 18.3 Å². The highest BCUT2D eigenvalue weighted by atomic mass is 19.1. The van der Waals surface area contributed by atoms with E-state index in [0.717, 1.165) is 77.9 Å². The van der Waals surface area contributed by atoms with Gasteiger partial charge in [-0.25, -0.2) is 19.3 Å². The average Bonchev–Trinajstić information content (AvgIpc) is 3.61. The lowest BCUT2D eigenvalue weighted by Crippen LogP contribution is -2.41. The molecule has 4 aliphatic rings. The van der Waals surface area contributed by atoms with Crippen LogP contribution in [0.3, 0.4) is 0 Å². The van der Waals surface area contributed by atoms with Crippen LogP contribution in [0.1, 0.15) is 59.4 Å². The molecule has 5 aromatic rings. The molecule has 0 spiro atoms. The van der Waals surface area contributed by atoms with Crippen molar-refractivity contribution in [2.45, 2.75) is 58.0 Å². The average molecular weight is 755 g/mol. The summed E-state index contributed by atoms with van der Waals surface area (Å²) in [5.41, 5.74) is 8.97. The number of rotatable bonds is 8. The second-order valence-corrected chi connectivity index (χ2v) is 15.4. The number of hydrogen-bond acceptors (Lipinski definition) is 10. The number of aromatic nitrogens is 3. The maximum Gasteiger partial charge on any atom is 0.237 e. The Kier molecular flexibility index (Phi) is 9.54. The summed E-state index contributed by atoms with van der Waals surface area (Å²) in [6.07, 6.45) is 6.27. The smallest absolute Gasteiger partial charge is 0.237 e. The van der Waals surface area contributed by atoms with Crippen LogP contribution in [0.25, 0.3) is 22.0 Å². The maximum absolute atomic E-state index is 15.4. The molecular formula is C43H43FN8O4. The molecule has 6 heterocycles. The largest absolute Gasteiger partial charge is 0.474 e. The van der Waals surface area contributed by atoms with Crippen LogP contribution in [0.4, 0.5) is 21.7 Å². The molecule has 56 heavy (non-hydrogen) atoms. The molecule has 13 heteroatoms. The molecule has 0 saturated carbocycles. The topological polar surface area (TPSA) is 142 Å². The Balaban J connectivity index is 0.777. The number of piperidine rings is 2. The number of likely N-dealkylation sites (tertiary alicyclic amines) is 1. The minimum atomic E-state index is -0.455. The standard InChI is InChI=1S/C43H43FN8O4/c1-25-35(21-46-42-40(25)45-12-15-56-42)28-2-4-30-20-47-43(49-37(30)17-28)48-33-7-6-29(36(44)19-33)18-39(54)52-13-10-26(11-14-52)22-51-23-31-5-3-27(16-32(31)24-51)34-8-9-38(53)50-41(34)55/h2-7,16-17,19-21,26,34,45H,8-15,18,22-24H2,1H3,(H,47,48,49)(H,50,53,55). The monoisotopic (exact) mass is 754 g/mol. The summed E-state index contributed by atoms with van der Waals surface area (Å²) in [6, 6.07) is 17.1. The first-order valence-corrected chi connectivity index (χ1v) is 19.4. The SMILES string of the molecule is Cc1c(-c2ccc3cnc(Nc4ccc(CC(=O)N5CCC(CN6Cc7ccc(C8CCC(=O)NC8=O)cc7C6)CC5)c(F)c4)nc3c2)cnc2c1NCCO2. The molecule has 3 amide bonds. The summed E-state index contributed by atoms with van der Waals surface area (Å²) in [6.45, 7) is 7.30. The minimum Gasteiger partial charge on any atom is -0.474 e. The molecule has 9 rings (SSSR count). The Morgan fingerprint density at radius 1 is 0.982 bits per heavy atom. The quantitative estimate of drug-likeness (QED) is 0.162. The zero-order valence-corrected chi connectivity index (χ0v) is 31.2. The van der Waals surface area contributed by atoms with E-state index in [0.29, 0.717) is 61.5 Å². The zero-order valence-electron chi connectivity index (χ0n) is 31.2. The van der Waals surface area contributed by atoms with E-state index in [1.807, 2.05) is 42.3 Å². The van der Waals surface area contributed by atoms with Crippen molar-refractivity contribution in [1.29, 1.82) is 0 Å². The van der Waals surface area contributed by atoms with Crippen LogP contribution >= 0.6 is 0 Å². The van der Waals surface area contributed by atoms with Gasteiger partial charge in [0.2, 0.25) is 29.5 Å². The highest BCUT2D eigenvalue weighted by Crippen LogP contribution is 2.36. The van der Waals surface area contributed by atoms with Crippen molar-refractivity contribution in [3.63, 3.8) is 0 Å². The lowest BCUT2D eigenvalue weighted by molar-refractivity contribution is -0.134. The molecule has 286 valence electrons. The van der Waals surface area contributed by atoms with Gasteiger partial charge in [-0.3, -0.25) is 24.6 Å². The maximum atomic E-state index is 15.4. The fourth-order valence-electron chi connectivity index (χ4n) is 8.51. The molecule has 2 aromatic heterocycles. The summed E-state index contributed by atoms with van der Waals surface area (Å²) >= 11 is 0. The number of imide groups is 1. The second kappa shape index (κ2) is 14.9. The highest BCUT2D eigenvalue weighted by Gasteiger charge is 2.31. The number of carbonyl (C=O) groups excluding carboxylic acids is 3. The van der Waals surface area contributed by atoms with Crippen LogP contribution in [0.2, 0.25) is 0 Å². The van der Waals surface area contributed by atoms with E-state index in [9.17, 15) is 14.4 Å². The third-order valence-corrected chi connectivity index (χ3v) is 11.6. The molecule has 0 radical (unpaired) electrons. The number of carbonyl (C=O) groups is 3. The van der Waals surface area contributed by atoms with Crippen LogP contribution in [0.5, 0.6) is 5.88 Å². The first kappa shape index (κ1) is 35.7. The number of pyridine rings is 1. The summed E-state index contributed by atoms with van der Waals surface area (Å²) < 4.78 is 21.1. The van der Waals surface area contributed by atoms with Gasteiger partial charge < -0.3 is 20.3 Å². The first-order valence-electron chi connectivity index (χ1n) is 19.4. The summed E-state index contributed by atoms with van der Waals surface area (Å²) in [5.74, 6) is 0.206. The Morgan fingerprint density at radius 2 is 1.84 bits per heavy atom. The summed E-state index contributed by atoms with van der Waals surface area (Å²) in [5, 5.41) is 9.85. The third-order valence-electron chi connectivity index (χ3n) is 11.6. The molecular weight excluding hydrogens is 712 g/mol. The molecule has 3 aromatic carbocycles. The lowest BCUT2D eigenvalue weighted by Gasteiger charge is -2.34. The van der Waals surface area contributed by atoms with Gasteiger partial charge in [-0.1, -0.05) is 36.4 Å². The minimum absolute atomic E-state index is 0.00158. The molecule has 2 fully saturated rings. The number of hydrogen-bond donors (Lipinski definition) is 3. The van der Waals surface area contributed by atoms with Crippen molar-refractivity contribution in [3.05, 3.63) is 101 Å². The van der Waals surface area contributed by atoms with Crippen LogP contribution < -0.4 is 20.7 Å². The van der Waals surface area contributed by atoms with Crippen molar-refractivity contribution in [2.24, 2.45) is 5.92 Å². The van der Waals surface area contributed by atoms with Crippen LogP contribution in [-0.4, -0.2) is 75.3 Å². The van der Waals surface area contributed by atoms with Gasteiger partial charge in [0.1, 0.15) is 18.1 Å². The molecule has 0 bridgehead atoms. The number of amides is 3. The highest BCUT2D eigenvalue weighted by molar-refractivity contribution is 6.01. The third kappa shape index (κ3) is 7.26. The molecule has 2 saturated heterocycles. The zero-order chi connectivity index (χ0) is 38.3. The molecule has 3 N–H and O–H groups in total. The summed E-state index contributed by atoms with van der Waals surface area (Å²) in [7, 11) is 0. The van der Waals surface area contributed by atoms with E-state index in [-0.39, 0.29) is 30.1 Å². The van der Waals surface area contributed by atoms with Crippen molar-refractivity contribution < 1.29 is 23.5 Å². The number of ether oxygens (including phenoxy) is 1. The fraction of sp³-hybridized carbons (Fsp3) is 0.349. The predicted molar refractivity (Wildman–Crippen MR) is 210 cm³/mol. The molecule has 4 aliphatic heterocycles. The first-order chi connectivity index (χ1) is 27.2. The summed E-state index contributed by atoms with van der Waals surface area (Å²) in [4.78, 5) is 55.3. The van der Waals surface area contributed by atoms with Crippen LogP contribution in [-0.2, 0) is 33.9 Å². The van der Waals surface area contributed by atoms with Crippen LogP contribution in [0.15, 0.2) is 67.0 Å². The molecule has 1 atom stereocenters. The van der Waals surface area contributed by atoms with E-state index in [2.05, 4.69) is 43.0 Å². The van der Waals surface area contributed by atoms with Gasteiger partial charge in [-0.15, -0.1) is 0 Å². The van der Waals surface area contributed by atoms with E-state index in [1.165, 1.54) is 17.2 Å². The Hall–Kier alpha value is -5.95. The van der Waals surface area contributed by atoms with Crippen LogP contribution in [0, 0.1) is 18.7 Å². The van der Waals surface area contributed by atoms with Gasteiger partial charge >= 0.3 is 0 Å². The molecule has 0 aliphatic carbocycles.